The van der Waals surface area contributed by atoms with Crippen molar-refractivity contribution in [2.75, 3.05) is 18.5 Å². The summed E-state index contributed by atoms with van der Waals surface area (Å²) in [5.41, 5.74) is 3.42. The lowest BCUT2D eigenvalue weighted by Gasteiger charge is -2.06. The molecule has 0 fully saturated rings. The number of aryl methyl sites for hydroxylation is 1. The van der Waals surface area contributed by atoms with Crippen LogP contribution in [0, 0.1) is 18.3 Å². The lowest BCUT2D eigenvalue weighted by Crippen LogP contribution is -2.05. The van der Waals surface area contributed by atoms with Crippen molar-refractivity contribution in [2.24, 2.45) is 10.2 Å². The maximum atomic E-state index is 9.06. The van der Waals surface area contributed by atoms with Crippen LogP contribution in [0.15, 0.2) is 46.6 Å². The van der Waals surface area contributed by atoms with Gasteiger partial charge >= 0.3 is 0 Å². The fraction of sp³-hybridized carbons (Fsp3) is 0.188. The van der Waals surface area contributed by atoms with Crippen LogP contribution in [0.3, 0.4) is 0 Å². The zero-order valence-electron chi connectivity index (χ0n) is 12.0. The minimum atomic E-state index is 0.0756. The van der Waals surface area contributed by atoms with E-state index in [-0.39, 0.29) is 6.61 Å². The average Bonchev–Trinajstić information content (AvgIpc) is 2.52. The van der Waals surface area contributed by atoms with E-state index in [4.69, 9.17) is 22.0 Å². The number of halogens is 1. The van der Waals surface area contributed by atoms with E-state index in [0.717, 1.165) is 11.3 Å². The number of anilines is 1. The number of nitrogens with one attached hydrogen (secondary N) is 1. The van der Waals surface area contributed by atoms with E-state index in [1.807, 2.05) is 25.1 Å². The van der Waals surface area contributed by atoms with Gasteiger partial charge in [0.15, 0.2) is 0 Å². The van der Waals surface area contributed by atoms with Crippen molar-refractivity contribution in [3.63, 3.8) is 0 Å². The highest BCUT2D eigenvalue weighted by atomic mass is 35.5. The molecule has 0 aromatic heterocycles. The summed E-state index contributed by atoms with van der Waals surface area (Å²) >= 11 is 5.92. The van der Waals surface area contributed by atoms with Crippen LogP contribution in [0.1, 0.15) is 11.1 Å². The third kappa shape index (κ3) is 4.04. The van der Waals surface area contributed by atoms with Crippen molar-refractivity contribution in [1.82, 2.24) is 0 Å². The van der Waals surface area contributed by atoms with Gasteiger partial charge < -0.3 is 10.4 Å². The summed E-state index contributed by atoms with van der Waals surface area (Å²) in [4.78, 5) is 0. The van der Waals surface area contributed by atoms with Crippen molar-refractivity contribution >= 4 is 28.7 Å². The molecule has 112 valence electrons. The Bertz CT molecular complexity index is 737. The van der Waals surface area contributed by atoms with Crippen LogP contribution < -0.4 is 5.32 Å². The number of rotatable bonds is 5. The minimum Gasteiger partial charge on any atom is -0.395 e. The molecule has 2 N–H and O–H groups in total. The fourth-order valence-corrected chi connectivity index (χ4v) is 2.03. The molecule has 2 aromatic rings. The molecule has 0 heterocycles. The molecule has 0 saturated carbocycles. The Morgan fingerprint density at radius 1 is 1.18 bits per heavy atom. The molecule has 0 bridgehead atoms. The summed E-state index contributed by atoms with van der Waals surface area (Å²) in [6.07, 6.45) is 0. The molecule has 0 aliphatic carbocycles. The molecular weight excluding hydrogens is 300 g/mol. The first-order chi connectivity index (χ1) is 10.6. The first kappa shape index (κ1) is 16.0. The third-order valence-corrected chi connectivity index (χ3v) is 3.22. The summed E-state index contributed by atoms with van der Waals surface area (Å²) in [6, 6.07) is 12.5. The summed E-state index contributed by atoms with van der Waals surface area (Å²) in [5, 5.41) is 29.7. The van der Waals surface area contributed by atoms with E-state index in [1.165, 1.54) is 0 Å². The van der Waals surface area contributed by atoms with Gasteiger partial charge in [0.1, 0.15) is 11.8 Å². The lowest BCUT2D eigenvalue weighted by molar-refractivity contribution is 0.311. The van der Waals surface area contributed by atoms with E-state index >= 15 is 0 Å². The third-order valence-electron chi connectivity index (χ3n) is 2.98. The van der Waals surface area contributed by atoms with Crippen molar-refractivity contribution in [2.45, 2.75) is 6.92 Å². The van der Waals surface area contributed by atoms with E-state index in [0.29, 0.717) is 28.5 Å². The molecule has 22 heavy (non-hydrogen) atoms. The van der Waals surface area contributed by atoms with Crippen LogP contribution in [0.5, 0.6) is 0 Å². The highest BCUT2D eigenvalue weighted by molar-refractivity contribution is 6.30. The molecule has 0 atom stereocenters. The van der Waals surface area contributed by atoms with Crippen LogP contribution >= 0.6 is 11.6 Å². The van der Waals surface area contributed by atoms with E-state index in [9.17, 15) is 0 Å². The van der Waals surface area contributed by atoms with Crippen LogP contribution in [0.25, 0.3) is 0 Å². The van der Waals surface area contributed by atoms with E-state index in [2.05, 4.69) is 21.6 Å². The molecule has 2 aromatic carbocycles. The number of hydrogen-bond acceptors (Lipinski definition) is 5. The molecule has 0 aliphatic rings. The van der Waals surface area contributed by atoms with Crippen molar-refractivity contribution in [1.29, 1.82) is 5.26 Å². The van der Waals surface area contributed by atoms with Gasteiger partial charge in [0.25, 0.3) is 0 Å². The van der Waals surface area contributed by atoms with E-state index < -0.39 is 0 Å². The van der Waals surface area contributed by atoms with Crippen LogP contribution in [0.2, 0.25) is 5.02 Å². The molecule has 0 spiro atoms. The summed E-state index contributed by atoms with van der Waals surface area (Å²) in [7, 11) is 0. The molecule has 0 radical (unpaired) electrons. The molecule has 0 amide bonds. The van der Waals surface area contributed by atoms with Gasteiger partial charge in [-0.05, 0) is 48.9 Å². The predicted octanol–water partition coefficient (Wildman–Crippen LogP) is 4.34. The number of nitriles is 1. The predicted molar refractivity (Wildman–Crippen MR) is 87.1 cm³/mol. The first-order valence-corrected chi connectivity index (χ1v) is 7.08. The number of hydrogen-bond donors (Lipinski definition) is 2. The zero-order chi connectivity index (χ0) is 15.9. The summed E-state index contributed by atoms with van der Waals surface area (Å²) in [5.74, 6) is 0. The number of aliphatic hydroxyl groups excluding tert-OH is 1. The fourth-order valence-electron chi connectivity index (χ4n) is 1.87. The molecule has 5 nitrogen and oxygen atoms in total. The number of azo groups is 1. The second-order valence-corrected chi connectivity index (χ2v) is 5.06. The Morgan fingerprint density at radius 3 is 2.64 bits per heavy atom. The van der Waals surface area contributed by atoms with Crippen molar-refractivity contribution in [3.05, 3.63) is 52.5 Å². The highest BCUT2D eigenvalue weighted by Gasteiger charge is 2.03. The van der Waals surface area contributed by atoms with Crippen molar-refractivity contribution < 1.29 is 5.11 Å². The van der Waals surface area contributed by atoms with Crippen LogP contribution in [0.4, 0.5) is 17.1 Å². The maximum Gasteiger partial charge on any atom is 0.105 e. The second kappa shape index (κ2) is 7.55. The Balaban J connectivity index is 2.24. The average molecular weight is 315 g/mol. The Labute approximate surface area is 133 Å². The second-order valence-electron chi connectivity index (χ2n) is 4.62. The summed E-state index contributed by atoms with van der Waals surface area (Å²) in [6.45, 7) is 2.49. The van der Waals surface area contributed by atoms with E-state index in [1.54, 1.807) is 18.2 Å². The van der Waals surface area contributed by atoms with Gasteiger partial charge in [-0.1, -0.05) is 11.6 Å². The van der Waals surface area contributed by atoms with Gasteiger partial charge in [0.2, 0.25) is 0 Å². The minimum absolute atomic E-state index is 0.0756. The maximum absolute atomic E-state index is 9.06. The van der Waals surface area contributed by atoms with Gasteiger partial charge in [-0.25, -0.2) is 0 Å². The number of nitrogens with zero attached hydrogens (tertiary/aromatic N) is 3. The molecule has 0 saturated heterocycles. The molecule has 6 heteroatoms. The number of aliphatic hydroxyl groups is 1. The van der Waals surface area contributed by atoms with Gasteiger partial charge in [-0.15, -0.1) is 5.11 Å². The van der Waals surface area contributed by atoms with Gasteiger partial charge in [-0.2, -0.15) is 10.4 Å². The SMILES string of the molecule is Cc1cc(NCCO)ccc1N=Nc1cc(Cl)ccc1C#N. The monoisotopic (exact) mass is 314 g/mol. The largest absolute Gasteiger partial charge is 0.395 e. The zero-order valence-corrected chi connectivity index (χ0v) is 12.8. The van der Waals surface area contributed by atoms with Gasteiger partial charge in [0, 0.05) is 17.3 Å². The summed E-state index contributed by atoms with van der Waals surface area (Å²) < 4.78 is 0. The molecule has 2 rings (SSSR count). The van der Waals surface area contributed by atoms with Gasteiger partial charge in [0.05, 0.1) is 17.9 Å². The Kier molecular flexibility index (Phi) is 5.48. The smallest absolute Gasteiger partial charge is 0.105 e. The number of benzene rings is 2. The molecule has 0 unspecified atom stereocenters. The van der Waals surface area contributed by atoms with Gasteiger partial charge in [-0.3, -0.25) is 0 Å². The normalized spacial score (nSPS) is 10.6. The Morgan fingerprint density at radius 2 is 1.95 bits per heavy atom. The van der Waals surface area contributed by atoms with Crippen LogP contribution in [-0.4, -0.2) is 18.3 Å². The lowest BCUT2D eigenvalue weighted by atomic mass is 10.2. The molecule has 0 aliphatic heterocycles. The molecular formula is C16H15ClN4O. The highest BCUT2D eigenvalue weighted by Crippen LogP contribution is 2.28. The van der Waals surface area contributed by atoms with Crippen LogP contribution in [-0.2, 0) is 0 Å². The first-order valence-electron chi connectivity index (χ1n) is 6.71. The Hall–Kier alpha value is -2.42. The van der Waals surface area contributed by atoms with Crippen molar-refractivity contribution in [3.8, 4) is 6.07 Å². The quantitative estimate of drug-likeness (QED) is 0.805. The topological polar surface area (TPSA) is 80.8 Å². The standard InChI is InChI=1S/C16H15ClN4O/c1-11-8-14(19-6-7-22)4-5-15(11)20-21-16-9-13(17)3-2-12(16)10-18/h2-5,8-9,19,22H,6-7H2,1H3.